The highest BCUT2D eigenvalue weighted by Gasteiger charge is 2.38. The molecule has 580 valence electrons. The number of amides is 3. The van der Waals surface area contributed by atoms with Gasteiger partial charge in [-0.3, -0.25) is 47.7 Å². The van der Waals surface area contributed by atoms with E-state index >= 15 is 0 Å². The molecule has 29 heteroatoms. The molecule has 0 aliphatic carbocycles. The fraction of sp³-hybridized carbons (Fsp3) is 0.358. The van der Waals surface area contributed by atoms with Crippen LogP contribution in [0, 0.1) is 13.8 Å². The highest BCUT2D eigenvalue weighted by Crippen LogP contribution is 2.43. The predicted octanol–water partition coefficient (Wildman–Crippen LogP) is 11.8. The number of fused-ring (bicyclic) bond motifs is 6. The van der Waals surface area contributed by atoms with Crippen molar-refractivity contribution in [2.45, 2.75) is 121 Å². The maximum Gasteiger partial charge on any atom is 0.297 e. The molecule has 0 spiro atoms. The molecule has 8 heterocycles. The van der Waals surface area contributed by atoms with E-state index in [9.17, 15) is 36.3 Å². The minimum Gasteiger partial charge on any atom is -0.504 e. The van der Waals surface area contributed by atoms with Crippen LogP contribution in [0.2, 0.25) is 0 Å². The van der Waals surface area contributed by atoms with Crippen molar-refractivity contribution in [2.24, 2.45) is 15.0 Å². The number of benzene rings is 5. The van der Waals surface area contributed by atoms with Gasteiger partial charge in [0, 0.05) is 80.7 Å². The first-order valence-corrected chi connectivity index (χ1v) is 38.9. The van der Waals surface area contributed by atoms with E-state index in [1.807, 2.05) is 89.2 Å². The smallest absolute Gasteiger partial charge is 0.297 e. The third kappa shape index (κ3) is 19.6. The van der Waals surface area contributed by atoms with Gasteiger partial charge in [0.2, 0.25) is 0 Å². The van der Waals surface area contributed by atoms with Crippen LogP contribution in [0.1, 0.15) is 118 Å². The topological polar surface area (TPSA) is 319 Å². The molecular formula is C81H92N10O17S2. The second-order valence-corrected chi connectivity index (χ2v) is 29.9. The average Bonchev–Trinajstić information content (AvgIpc) is 1.62. The van der Waals surface area contributed by atoms with Crippen LogP contribution >= 0.6 is 0 Å². The number of aliphatic imine (C=N–C) groups is 3. The molecule has 110 heavy (non-hydrogen) atoms. The number of carbonyl (C=O) groups is 3. The summed E-state index contributed by atoms with van der Waals surface area (Å²) in [7, 11) is 0.254. The van der Waals surface area contributed by atoms with Gasteiger partial charge >= 0.3 is 0 Å². The fourth-order valence-corrected chi connectivity index (χ4v) is 14.7. The van der Waals surface area contributed by atoms with Gasteiger partial charge in [-0.05, 0) is 136 Å². The lowest BCUT2D eigenvalue weighted by Crippen LogP contribution is -2.35. The molecular weight excluding hydrogens is 1450 g/mol. The molecule has 3 atom stereocenters. The summed E-state index contributed by atoms with van der Waals surface area (Å²) in [4.78, 5) is 68.2. The van der Waals surface area contributed by atoms with Gasteiger partial charge in [0.05, 0.1) is 119 Å². The Bertz CT molecular complexity index is 4740. The van der Waals surface area contributed by atoms with Crippen molar-refractivity contribution in [1.82, 2.24) is 35.3 Å². The van der Waals surface area contributed by atoms with Crippen molar-refractivity contribution < 1.29 is 77.8 Å². The third-order valence-electron chi connectivity index (χ3n) is 19.0. The van der Waals surface area contributed by atoms with Crippen LogP contribution in [-0.4, -0.2) is 182 Å². The zero-order chi connectivity index (χ0) is 78.2. The van der Waals surface area contributed by atoms with Gasteiger partial charge in [0.1, 0.15) is 37.9 Å². The number of nitrogens with one attached hydrogen (secondary N) is 2. The van der Waals surface area contributed by atoms with Gasteiger partial charge in [-0.15, -0.1) is 0 Å². The summed E-state index contributed by atoms with van der Waals surface area (Å²) >= 11 is 0. The number of rotatable bonds is 27. The number of ether oxygens (including phenoxy) is 7. The van der Waals surface area contributed by atoms with E-state index < -0.39 is 20.2 Å². The van der Waals surface area contributed by atoms with E-state index in [0.29, 0.717) is 112 Å². The van der Waals surface area contributed by atoms with Crippen LogP contribution in [0.25, 0.3) is 0 Å². The number of aromatic hydroxyl groups is 1. The number of phenolic OH excluding ortho intramolecular Hbond substituents is 1. The van der Waals surface area contributed by atoms with Crippen LogP contribution in [0.3, 0.4) is 0 Å². The van der Waals surface area contributed by atoms with E-state index in [2.05, 4.69) is 32.8 Å². The number of hydrogen-bond donors (Lipinski definition) is 3. The van der Waals surface area contributed by atoms with Crippen molar-refractivity contribution in [3.8, 4) is 46.0 Å². The van der Waals surface area contributed by atoms with Gasteiger partial charge in [0.15, 0.2) is 34.5 Å². The highest BCUT2D eigenvalue weighted by molar-refractivity contribution is 7.87. The Morgan fingerprint density at radius 3 is 1.13 bits per heavy atom. The Labute approximate surface area is 641 Å². The van der Waals surface area contributed by atoms with E-state index in [1.54, 1.807) is 92.1 Å². The molecule has 13 rings (SSSR count). The van der Waals surface area contributed by atoms with Crippen LogP contribution < -0.4 is 43.8 Å². The van der Waals surface area contributed by atoms with Gasteiger partial charge in [-0.2, -0.15) is 16.8 Å². The predicted molar refractivity (Wildman–Crippen MR) is 416 cm³/mol. The Morgan fingerprint density at radius 2 is 0.791 bits per heavy atom. The summed E-state index contributed by atoms with van der Waals surface area (Å²) in [5.41, 5.74) is 10.2. The van der Waals surface area contributed by atoms with Crippen LogP contribution in [0.4, 0.5) is 17.1 Å². The molecule has 5 aromatic carbocycles. The van der Waals surface area contributed by atoms with Crippen molar-refractivity contribution in [1.29, 1.82) is 0 Å². The van der Waals surface area contributed by atoms with Gasteiger partial charge < -0.3 is 63.6 Å². The molecule has 7 aromatic rings. The summed E-state index contributed by atoms with van der Waals surface area (Å²) in [6.07, 6.45) is 15.6. The quantitative estimate of drug-likeness (QED) is 0.0245. The second-order valence-electron chi connectivity index (χ2n) is 26.7. The molecule has 6 aliphatic heterocycles. The molecule has 2 aromatic heterocycles. The van der Waals surface area contributed by atoms with E-state index in [0.717, 1.165) is 56.3 Å². The number of nitrogens with zero attached hydrogens (tertiary/aromatic N) is 8. The van der Waals surface area contributed by atoms with Gasteiger partial charge in [-0.25, -0.2) is 0 Å². The summed E-state index contributed by atoms with van der Waals surface area (Å²) in [5, 5.41) is 16.0. The second kappa shape index (κ2) is 36.6. The summed E-state index contributed by atoms with van der Waals surface area (Å²) in [6, 6.07) is 29.1. The molecule has 27 nitrogen and oxygen atoms in total. The maximum absolute atomic E-state index is 13.6. The van der Waals surface area contributed by atoms with Crippen LogP contribution in [0.15, 0.2) is 169 Å². The summed E-state index contributed by atoms with van der Waals surface area (Å²) < 4.78 is 102. The zero-order valence-corrected chi connectivity index (χ0v) is 64.9. The number of aromatic nitrogens is 2. The summed E-state index contributed by atoms with van der Waals surface area (Å²) in [5.74, 6) is 2.77. The Morgan fingerprint density at radius 1 is 0.455 bits per heavy atom. The van der Waals surface area contributed by atoms with Crippen molar-refractivity contribution >= 4 is 73.7 Å². The van der Waals surface area contributed by atoms with Gasteiger partial charge in [-0.1, -0.05) is 70.3 Å². The first-order valence-electron chi connectivity index (χ1n) is 36.1. The number of hydrogen-bond acceptors (Lipinski definition) is 24. The lowest BCUT2D eigenvalue weighted by Gasteiger charge is -2.20. The van der Waals surface area contributed by atoms with Crippen molar-refractivity contribution in [2.75, 3.05) is 81.4 Å². The molecule has 0 saturated carbocycles. The largest absolute Gasteiger partial charge is 0.504 e. The lowest BCUT2D eigenvalue weighted by atomic mass is 10.1. The average molecular weight is 1540 g/mol. The molecule has 0 bridgehead atoms. The molecule has 3 amide bonds. The Hall–Kier alpha value is -10.8. The monoisotopic (exact) mass is 1540 g/mol. The number of aryl methyl sites for hydroxylation is 2. The number of pyridine rings is 2. The minimum atomic E-state index is -4.02. The van der Waals surface area contributed by atoms with E-state index in [-0.39, 0.29) is 95.0 Å². The normalized spacial score (nSPS) is 17.9. The first-order chi connectivity index (χ1) is 53.0. The molecule has 6 aliphatic rings. The molecule has 3 saturated heterocycles. The van der Waals surface area contributed by atoms with Crippen molar-refractivity contribution in [3.05, 3.63) is 195 Å². The van der Waals surface area contributed by atoms with E-state index in [4.69, 9.17) is 56.5 Å². The number of allylic oxidation sites excluding steroid dienone is 3. The first kappa shape index (κ1) is 80.2. The van der Waals surface area contributed by atoms with Crippen molar-refractivity contribution in [3.63, 3.8) is 0 Å². The minimum absolute atomic E-state index is 0.00534. The Balaban J connectivity index is 0.000000183. The maximum atomic E-state index is 13.6. The molecule has 3 fully saturated rings. The van der Waals surface area contributed by atoms with E-state index in [1.165, 1.54) is 54.2 Å². The SMILES string of the molecule is C/C=C1\C[C@H]2C=Nc3cc(O)c(OC)cc3C(=O)N2C1.C/C=C1\C[C@H]2C=Nc3cc(OCc4cc(OCCCNC)cc(COc5cc6c(cc5OC)C(=O)N5C/C(=C/C)C[C@H]5C=N6)n4)c(OC)cc3C(=O)N2C1.CNCCCOc1cc(COS(=O)(=O)c2ccc(C)cc2)nc(COS(=O)(=O)c2ccc(C)cc2)c1. The lowest BCUT2D eigenvalue weighted by molar-refractivity contribution is 0.0769. The number of carbonyl (C=O) groups excluding carboxylic acids is 3. The summed E-state index contributed by atoms with van der Waals surface area (Å²) in [6.45, 7) is 13.4. The Kier molecular flexibility index (Phi) is 26.7. The fourth-order valence-electron chi connectivity index (χ4n) is 12.9. The zero-order valence-electron chi connectivity index (χ0n) is 63.3. The van der Waals surface area contributed by atoms with Gasteiger partial charge in [0.25, 0.3) is 38.0 Å². The van der Waals surface area contributed by atoms with Crippen LogP contribution in [-0.2, 0) is 55.0 Å². The molecule has 3 N–H and O–H groups in total. The molecule has 0 radical (unpaired) electrons. The number of methoxy groups -OCH3 is 3. The number of phenols is 1. The standard InChI is InChI=1S/C41H46N6O7.C25H30N2O7S2.C15H16N2O3/c1-6-25-11-29-19-43-34-17-38(36(50-4)15-32(34)40(48)46(29)21-25)53-23-27-13-31(52-10-8-9-42-3)14-28(45-27)24-54-39-18-35-33(16-37(39)51-5)41(49)47-22-26(7-2)12-30(47)20-44-35;1-19-5-9-24(10-6-19)35(28,29)33-17-21-15-23(32-14-4-13-26-3)16-22(27-21)18-34-36(30,31)25-11-7-20(2)8-12-25;1-3-9-4-10-7-16-12-6-13(18)14(20-2)5-11(12)15(19)17(10)8-9/h6-7,13-20,29-30,42H,8-12,21-24H2,1-5H3;5-12,15-16,26H,4,13-14,17-18H2,1-3H3;3,5-7,10,18H,4,8H2,1-2H3/b25-6+,26-7+;;9-3+/t29-,30-;;10-/m0.0/s1. The highest BCUT2D eigenvalue weighted by atomic mass is 32.2. The van der Waals surface area contributed by atoms with Crippen LogP contribution in [0.5, 0.6) is 46.0 Å². The third-order valence-corrected chi connectivity index (χ3v) is 21.6. The molecule has 0 unspecified atom stereocenters.